The van der Waals surface area contributed by atoms with Crippen LogP contribution in [0.4, 0.5) is 11.4 Å². The first kappa shape index (κ1) is 11.6. The summed E-state index contributed by atoms with van der Waals surface area (Å²) < 4.78 is 5.68. The van der Waals surface area contributed by atoms with Gasteiger partial charge < -0.3 is 20.5 Å². The van der Waals surface area contributed by atoms with Crippen LogP contribution in [0.1, 0.15) is 13.3 Å². The van der Waals surface area contributed by atoms with Crippen LogP contribution in [-0.4, -0.2) is 30.3 Å². The first-order chi connectivity index (χ1) is 8.08. The van der Waals surface area contributed by atoms with Crippen LogP contribution < -0.4 is 15.4 Å². The Hall–Kier alpha value is -1.91. The number of nitrogen functional groups attached to an aromatic ring is 1. The Labute approximate surface area is 99.8 Å². The van der Waals surface area contributed by atoms with E-state index < -0.39 is 5.97 Å². The zero-order valence-electron chi connectivity index (χ0n) is 9.72. The fourth-order valence-corrected chi connectivity index (χ4v) is 2.06. The molecule has 0 fully saturated rings. The van der Waals surface area contributed by atoms with Crippen LogP contribution in [0.3, 0.4) is 0 Å². The third-order valence-electron chi connectivity index (χ3n) is 2.75. The summed E-state index contributed by atoms with van der Waals surface area (Å²) in [5, 5.41) is 8.74. The molecule has 0 aromatic heterocycles. The zero-order valence-corrected chi connectivity index (χ0v) is 9.72. The first-order valence-corrected chi connectivity index (χ1v) is 5.60. The van der Waals surface area contributed by atoms with Gasteiger partial charge in [0.05, 0.1) is 18.7 Å². The number of carboxylic acids is 1. The Morgan fingerprint density at radius 1 is 1.65 bits per heavy atom. The number of ether oxygens (including phenoxy) is 1. The molecular formula is C12H16N2O3. The van der Waals surface area contributed by atoms with Gasteiger partial charge in [-0.25, -0.2) is 0 Å². The molecule has 1 aromatic rings. The molecule has 1 unspecified atom stereocenters. The predicted octanol–water partition coefficient (Wildman–Crippen LogP) is 1.33. The minimum absolute atomic E-state index is 0.0399. The quantitative estimate of drug-likeness (QED) is 0.774. The van der Waals surface area contributed by atoms with Crippen molar-refractivity contribution in [2.75, 3.05) is 23.7 Å². The van der Waals surface area contributed by atoms with Crippen molar-refractivity contribution in [3.8, 4) is 5.75 Å². The van der Waals surface area contributed by atoms with Crippen molar-refractivity contribution < 1.29 is 14.6 Å². The second-order valence-corrected chi connectivity index (χ2v) is 4.21. The number of hydrogen-bond donors (Lipinski definition) is 2. The molecule has 1 aromatic carbocycles. The van der Waals surface area contributed by atoms with Crippen molar-refractivity contribution >= 4 is 17.3 Å². The SMILES string of the molecule is CC1CN(CCC(=O)O)c2c(N)cccc2O1. The van der Waals surface area contributed by atoms with Gasteiger partial charge in [0.2, 0.25) is 0 Å². The smallest absolute Gasteiger partial charge is 0.305 e. The summed E-state index contributed by atoms with van der Waals surface area (Å²) in [6.45, 7) is 3.07. The molecule has 0 saturated heterocycles. The standard InChI is InChI=1S/C12H16N2O3/c1-8-7-14(6-5-11(15)16)12-9(13)3-2-4-10(12)17-8/h2-4,8H,5-7,13H2,1H3,(H,15,16). The summed E-state index contributed by atoms with van der Waals surface area (Å²) in [5.74, 6) is -0.0747. The van der Waals surface area contributed by atoms with Crippen LogP contribution in [0.25, 0.3) is 0 Å². The molecule has 1 atom stereocenters. The van der Waals surface area contributed by atoms with Gasteiger partial charge in [-0.3, -0.25) is 4.79 Å². The van der Waals surface area contributed by atoms with E-state index in [4.69, 9.17) is 15.6 Å². The maximum absolute atomic E-state index is 10.6. The highest BCUT2D eigenvalue weighted by Gasteiger charge is 2.24. The summed E-state index contributed by atoms with van der Waals surface area (Å²) in [6.07, 6.45) is 0.138. The van der Waals surface area contributed by atoms with E-state index in [1.165, 1.54) is 0 Å². The number of fused-ring (bicyclic) bond motifs is 1. The molecule has 0 aliphatic carbocycles. The summed E-state index contributed by atoms with van der Waals surface area (Å²) in [4.78, 5) is 12.6. The van der Waals surface area contributed by atoms with Crippen LogP contribution in [-0.2, 0) is 4.79 Å². The third kappa shape index (κ3) is 2.43. The van der Waals surface area contributed by atoms with E-state index in [1.807, 2.05) is 24.0 Å². The highest BCUT2D eigenvalue weighted by atomic mass is 16.5. The minimum atomic E-state index is -0.805. The molecule has 2 rings (SSSR count). The summed E-state index contributed by atoms with van der Waals surface area (Å²) in [5.41, 5.74) is 7.35. The maximum atomic E-state index is 10.6. The van der Waals surface area contributed by atoms with Crippen molar-refractivity contribution in [2.24, 2.45) is 0 Å². The monoisotopic (exact) mass is 236 g/mol. The Morgan fingerprint density at radius 3 is 3.12 bits per heavy atom. The Kier molecular flexibility index (Phi) is 3.08. The number of hydrogen-bond acceptors (Lipinski definition) is 4. The summed E-state index contributed by atoms with van der Waals surface area (Å²) in [7, 11) is 0. The van der Waals surface area contributed by atoms with Gasteiger partial charge in [-0.2, -0.15) is 0 Å². The van der Waals surface area contributed by atoms with E-state index in [0.717, 1.165) is 11.4 Å². The molecule has 0 saturated carbocycles. The largest absolute Gasteiger partial charge is 0.487 e. The number of nitrogens with two attached hydrogens (primary N) is 1. The molecule has 3 N–H and O–H groups in total. The second kappa shape index (κ2) is 4.53. The van der Waals surface area contributed by atoms with E-state index in [-0.39, 0.29) is 12.5 Å². The number of aliphatic carboxylic acids is 1. The van der Waals surface area contributed by atoms with Crippen LogP contribution >= 0.6 is 0 Å². The molecule has 0 amide bonds. The van der Waals surface area contributed by atoms with Gasteiger partial charge in [-0.15, -0.1) is 0 Å². The number of anilines is 2. The molecule has 5 nitrogen and oxygen atoms in total. The fraction of sp³-hybridized carbons (Fsp3) is 0.417. The van der Waals surface area contributed by atoms with Crippen molar-refractivity contribution in [2.45, 2.75) is 19.4 Å². The number of carbonyl (C=O) groups is 1. The van der Waals surface area contributed by atoms with Crippen molar-refractivity contribution in [1.29, 1.82) is 0 Å². The summed E-state index contributed by atoms with van der Waals surface area (Å²) >= 11 is 0. The van der Waals surface area contributed by atoms with E-state index in [0.29, 0.717) is 18.8 Å². The van der Waals surface area contributed by atoms with Crippen molar-refractivity contribution in [1.82, 2.24) is 0 Å². The number of carboxylic acid groups (broad SMARTS) is 1. The number of para-hydroxylation sites is 1. The molecule has 5 heteroatoms. The van der Waals surface area contributed by atoms with E-state index >= 15 is 0 Å². The second-order valence-electron chi connectivity index (χ2n) is 4.21. The predicted molar refractivity (Wildman–Crippen MR) is 65.4 cm³/mol. The highest BCUT2D eigenvalue weighted by Crippen LogP contribution is 2.38. The number of rotatable bonds is 3. The van der Waals surface area contributed by atoms with Crippen LogP contribution in [0.2, 0.25) is 0 Å². The van der Waals surface area contributed by atoms with Crippen LogP contribution in [0.15, 0.2) is 18.2 Å². The van der Waals surface area contributed by atoms with Gasteiger partial charge in [-0.05, 0) is 19.1 Å². The topological polar surface area (TPSA) is 75.8 Å². The fourth-order valence-electron chi connectivity index (χ4n) is 2.06. The number of nitrogens with zero attached hydrogens (tertiary/aromatic N) is 1. The van der Waals surface area contributed by atoms with Gasteiger partial charge in [-0.1, -0.05) is 6.07 Å². The molecular weight excluding hydrogens is 220 g/mol. The molecule has 1 aliphatic heterocycles. The first-order valence-electron chi connectivity index (χ1n) is 5.60. The molecule has 17 heavy (non-hydrogen) atoms. The molecule has 0 spiro atoms. The highest BCUT2D eigenvalue weighted by molar-refractivity contribution is 5.76. The number of benzene rings is 1. The Bertz CT molecular complexity index is 434. The molecule has 1 heterocycles. The maximum Gasteiger partial charge on any atom is 0.305 e. The van der Waals surface area contributed by atoms with Crippen LogP contribution in [0.5, 0.6) is 5.75 Å². The lowest BCUT2D eigenvalue weighted by Crippen LogP contribution is -2.40. The molecule has 0 radical (unpaired) electrons. The lowest BCUT2D eigenvalue weighted by Gasteiger charge is -2.35. The van der Waals surface area contributed by atoms with Gasteiger partial charge in [0.1, 0.15) is 17.5 Å². The van der Waals surface area contributed by atoms with Gasteiger partial charge in [0, 0.05) is 6.54 Å². The van der Waals surface area contributed by atoms with Crippen molar-refractivity contribution in [3.05, 3.63) is 18.2 Å². The van der Waals surface area contributed by atoms with Crippen molar-refractivity contribution in [3.63, 3.8) is 0 Å². The van der Waals surface area contributed by atoms with E-state index in [9.17, 15) is 4.79 Å². The minimum Gasteiger partial charge on any atom is -0.487 e. The summed E-state index contributed by atoms with van der Waals surface area (Å²) in [6, 6.07) is 5.49. The average Bonchev–Trinajstić information content (AvgIpc) is 2.25. The molecule has 92 valence electrons. The molecule has 0 bridgehead atoms. The Morgan fingerprint density at radius 2 is 2.41 bits per heavy atom. The van der Waals surface area contributed by atoms with E-state index in [2.05, 4.69) is 0 Å². The zero-order chi connectivity index (χ0) is 12.4. The van der Waals surface area contributed by atoms with Crippen LogP contribution in [0, 0.1) is 0 Å². The van der Waals surface area contributed by atoms with E-state index in [1.54, 1.807) is 6.07 Å². The van der Waals surface area contributed by atoms with Gasteiger partial charge in [0.15, 0.2) is 0 Å². The normalized spacial score (nSPS) is 18.4. The lowest BCUT2D eigenvalue weighted by atomic mass is 10.1. The Balaban J connectivity index is 2.26. The van der Waals surface area contributed by atoms with Gasteiger partial charge >= 0.3 is 5.97 Å². The third-order valence-corrected chi connectivity index (χ3v) is 2.75. The average molecular weight is 236 g/mol. The van der Waals surface area contributed by atoms with Gasteiger partial charge in [0.25, 0.3) is 0 Å². The molecule has 1 aliphatic rings. The lowest BCUT2D eigenvalue weighted by molar-refractivity contribution is -0.136.